The van der Waals surface area contributed by atoms with Crippen LogP contribution in [0.4, 0.5) is 0 Å². The van der Waals surface area contributed by atoms with Gasteiger partial charge in [-0.1, -0.05) is 18.2 Å². The van der Waals surface area contributed by atoms with E-state index in [2.05, 4.69) is 45.2 Å². The first-order valence-electron chi connectivity index (χ1n) is 9.75. The Labute approximate surface area is 199 Å². The lowest BCUT2D eigenvalue weighted by Gasteiger charge is -2.18. The van der Waals surface area contributed by atoms with Gasteiger partial charge in [0.1, 0.15) is 5.75 Å². The zero-order chi connectivity index (χ0) is 20.5. The van der Waals surface area contributed by atoms with E-state index in [0.717, 1.165) is 18.3 Å². The van der Waals surface area contributed by atoms with Gasteiger partial charge in [-0.2, -0.15) is 0 Å². The molecule has 0 bridgehead atoms. The SMILES string of the molecule is CN=C(NCCNC(=O)c1ccc(OC)cc1)NCC1(Sc2ccccc2)CC1.I. The minimum absolute atomic E-state index is 0. The van der Waals surface area contributed by atoms with Gasteiger partial charge in [-0.25, -0.2) is 0 Å². The number of guanidine groups is 1. The first kappa shape index (κ1) is 24.3. The summed E-state index contributed by atoms with van der Waals surface area (Å²) in [4.78, 5) is 17.7. The number of hydrogen-bond acceptors (Lipinski definition) is 4. The molecule has 3 rings (SSSR count). The summed E-state index contributed by atoms with van der Waals surface area (Å²) in [6.45, 7) is 1.97. The van der Waals surface area contributed by atoms with Crippen molar-refractivity contribution >= 4 is 47.6 Å². The predicted octanol–water partition coefficient (Wildman–Crippen LogP) is 3.53. The largest absolute Gasteiger partial charge is 0.497 e. The van der Waals surface area contributed by atoms with Crippen molar-refractivity contribution in [3.63, 3.8) is 0 Å². The summed E-state index contributed by atoms with van der Waals surface area (Å²) >= 11 is 1.93. The Morgan fingerprint density at radius 3 is 2.30 bits per heavy atom. The van der Waals surface area contributed by atoms with Gasteiger partial charge < -0.3 is 20.7 Å². The molecule has 0 spiro atoms. The topological polar surface area (TPSA) is 74.8 Å². The van der Waals surface area contributed by atoms with Crippen molar-refractivity contribution in [3.05, 3.63) is 60.2 Å². The smallest absolute Gasteiger partial charge is 0.251 e. The van der Waals surface area contributed by atoms with Crippen LogP contribution in [0.25, 0.3) is 0 Å². The van der Waals surface area contributed by atoms with Crippen LogP contribution in [0, 0.1) is 0 Å². The Morgan fingerprint density at radius 1 is 1.03 bits per heavy atom. The standard InChI is InChI=1S/C22H28N4O2S.HI/c1-23-21(26-16-22(12-13-22)29-19-6-4-3-5-7-19)25-15-14-24-20(27)17-8-10-18(28-2)11-9-17;/h3-11H,12-16H2,1-2H3,(H,24,27)(H2,23,25,26);1H. The summed E-state index contributed by atoms with van der Waals surface area (Å²) in [7, 11) is 3.36. The van der Waals surface area contributed by atoms with Crippen LogP contribution in [-0.2, 0) is 0 Å². The number of methoxy groups -OCH3 is 1. The fourth-order valence-corrected chi connectivity index (χ4v) is 4.10. The number of carbonyl (C=O) groups excluding carboxylic acids is 1. The molecule has 8 heteroatoms. The highest BCUT2D eigenvalue weighted by atomic mass is 127. The van der Waals surface area contributed by atoms with E-state index < -0.39 is 0 Å². The molecule has 0 atom stereocenters. The third-order valence-corrected chi connectivity index (χ3v) is 6.24. The van der Waals surface area contributed by atoms with Gasteiger partial charge in [0.05, 0.1) is 7.11 Å². The van der Waals surface area contributed by atoms with E-state index in [1.807, 2.05) is 17.8 Å². The predicted molar refractivity (Wildman–Crippen MR) is 134 cm³/mol. The van der Waals surface area contributed by atoms with Gasteiger partial charge in [0, 0.05) is 41.9 Å². The van der Waals surface area contributed by atoms with Crippen molar-refractivity contribution in [2.24, 2.45) is 4.99 Å². The molecule has 1 fully saturated rings. The molecule has 0 heterocycles. The molecule has 0 unspecified atom stereocenters. The molecule has 1 aliphatic carbocycles. The van der Waals surface area contributed by atoms with Crippen molar-refractivity contribution in [1.29, 1.82) is 0 Å². The summed E-state index contributed by atoms with van der Waals surface area (Å²) in [5, 5.41) is 9.57. The lowest BCUT2D eigenvalue weighted by atomic mass is 10.2. The summed E-state index contributed by atoms with van der Waals surface area (Å²) in [6.07, 6.45) is 2.41. The highest BCUT2D eigenvalue weighted by Gasteiger charge is 2.43. The van der Waals surface area contributed by atoms with Crippen molar-refractivity contribution in [2.75, 3.05) is 33.8 Å². The lowest BCUT2D eigenvalue weighted by molar-refractivity contribution is 0.0954. The van der Waals surface area contributed by atoms with E-state index in [1.54, 1.807) is 38.4 Å². The monoisotopic (exact) mass is 540 g/mol. The second-order valence-electron chi connectivity index (χ2n) is 6.94. The van der Waals surface area contributed by atoms with Gasteiger partial charge in [0.2, 0.25) is 0 Å². The van der Waals surface area contributed by atoms with E-state index in [-0.39, 0.29) is 34.6 Å². The minimum atomic E-state index is -0.103. The Hall–Kier alpha value is -1.94. The third-order valence-electron chi connectivity index (χ3n) is 4.74. The van der Waals surface area contributed by atoms with E-state index in [4.69, 9.17) is 4.74 Å². The Kier molecular flexibility index (Phi) is 9.77. The van der Waals surface area contributed by atoms with Gasteiger partial charge in [0.15, 0.2) is 5.96 Å². The first-order valence-corrected chi connectivity index (χ1v) is 10.6. The fraction of sp³-hybridized carbons (Fsp3) is 0.364. The number of rotatable bonds is 9. The molecule has 1 saturated carbocycles. The number of nitrogens with zero attached hydrogens (tertiary/aromatic N) is 1. The number of hydrogen-bond donors (Lipinski definition) is 3. The van der Waals surface area contributed by atoms with Gasteiger partial charge in [-0.3, -0.25) is 9.79 Å². The van der Waals surface area contributed by atoms with Crippen LogP contribution >= 0.6 is 35.7 Å². The molecule has 0 aliphatic heterocycles. The molecular weight excluding hydrogens is 511 g/mol. The average Bonchev–Trinajstić information content (AvgIpc) is 3.53. The number of nitrogens with one attached hydrogen (secondary N) is 3. The van der Waals surface area contributed by atoms with Crippen molar-refractivity contribution in [2.45, 2.75) is 22.5 Å². The van der Waals surface area contributed by atoms with Crippen molar-refractivity contribution < 1.29 is 9.53 Å². The van der Waals surface area contributed by atoms with E-state index in [9.17, 15) is 4.79 Å². The zero-order valence-corrected chi connectivity index (χ0v) is 20.5. The van der Waals surface area contributed by atoms with Gasteiger partial charge >= 0.3 is 0 Å². The molecule has 30 heavy (non-hydrogen) atoms. The molecule has 1 aliphatic rings. The molecule has 3 N–H and O–H groups in total. The van der Waals surface area contributed by atoms with Crippen LogP contribution in [-0.4, -0.2) is 50.4 Å². The average molecular weight is 540 g/mol. The second kappa shape index (κ2) is 12.0. The van der Waals surface area contributed by atoms with E-state index in [0.29, 0.717) is 18.7 Å². The van der Waals surface area contributed by atoms with Gasteiger partial charge in [-0.15, -0.1) is 35.7 Å². The molecule has 2 aromatic carbocycles. The highest BCUT2D eigenvalue weighted by molar-refractivity contribution is 14.0. The Bertz CT molecular complexity index is 827. The number of amides is 1. The quantitative estimate of drug-likeness (QED) is 0.197. The number of aliphatic imine (C=N–C) groups is 1. The van der Waals surface area contributed by atoms with Crippen LogP contribution in [0.3, 0.4) is 0 Å². The van der Waals surface area contributed by atoms with Crippen LogP contribution in [0.2, 0.25) is 0 Å². The maximum absolute atomic E-state index is 12.2. The number of halogens is 1. The number of ether oxygens (including phenoxy) is 1. The maximum Gasteiger partial charge on any atom is 0.251 e. The Balaban J connectivity index is 0.00000320. The van der Waals surface area contributed by atoms with Crippen molar-refractivity contribution in [1.82, 2.24) is 16.0 Å². The number of benzene rings is 2. The summed E-state index contributed by atoms with van der Waals surface area (Å²) in [5.41, 5.74) is 0.613. The second-order valence-corrected chi connectivity index (χ2v) is 8.48. The fourth-order valence-electron chi connectivity index (χ4n) is 2.86. The zero-order valence-electron chi connectivity index (χ0n) is 17.3. The molecule has 0 saturated heterocycles. The normalized spacial score (nSPS) is 14.3. The number of carbonyl (C=O) groups is 1. The summed E-state index contributed by atoms with van der Waals surface area (Å²) in [6, 6.07) is 17.6. The van der Waals surface area contributed by atoms with Crippen LogP contribution < -0.4 is 20.7 Å². The summed E-state index contributed by atoms with van der Waals surface area (Å²) in [5.74, 6) is 1.38. The minimum Gasteiger partial charge on any atom is -0.497 e. The van der Waals surface area contributed by atoms with Gasteiger partial charge in [-0.05, 0) is 49.2 Å². The molecule has 6 nitrogen and oxygen atoms in total. The Morgan fingerprint density at radius 2 is 1.70 bits per heavy atom. The molecule has 1 amide bonds. The highest BCUT2D eigenvalue weighted by Crippen LogP contribution is 2.51. The maximum atomic E-state index is 12.2. The van der Waals surface area contributed by atoms with Gasteiger partial charge in [0.25, 0.3) is 5.91 Å². The molecule has 0 radical (unpaired) electrons. The molecule has 0 aromatic heterocycles. The van der Waals surface area contributed by atoms with E-state index >= 15 is 0 Å². The molecular formula is C22H29IN4O2S. The van der Waals surface area contributed by atoms with Crippen LogP contribution in [0.5, 0.6) is 5.75 Å². The molecule has 2 aromatic rings. The van der Waals surface area contributed by atoms with Crippen molar-refractivity contribution in [3.8, 4) is 5.75 Å². The number of thioether (sulfide) groups is 1. The molecule has 162 valence electrons. The summed E-state index contributed by atoms with van der Waals surface area (Å²) < 4.78 is 5.36. The first-order chi connectivity index (χ1) is 14.1. The third kappa shape index (κ3) is 7.39. The van der Waals surface area contributed by atoms with E-state index in [1.165, 1.54) is 17.7 Å². The lowest BCUT2D eigenvalue weighted by Crippen LogP contribution is -2.44. The van der Waals surface area contributed by atoms with Crippen LogP contribution in [0.1, 0.15) is 23.2 Å². The van der Waals surface area contributed by atoms with Crippen LogP contribution in [0.15, 0.2) is 64.5 Å².